The summed E-state index contributed by atoms with van der Waals surface area (Å²) < 4.78 is 5.28. The number of hydrogen-bond acceptors (Lipinski definition) is 6. The lowest BCUT2D eigenvalue weighted by Crippen LogP contribution is -2.63. The molecule has 2 rings (SSSR count). The fraction of sp³-hybridized carbons (Fsp3) is 0.577. The Labute approximate surface area is 196 Å². The number of hydrogen-bond donors (Lipinski definition) is 5. The number of ether oxygens (including phenoxy) is 1. The Morgan fingerprint density at radius 3 is 2.45 bits per heavy atom. The zero-order chi connectivity index (χ0) is 24.8. The van der Waals surface area contributed by atoms with Gasteiger partial charge in [0.1, 0.15) is 24.4 Å². The summed E-state index contributed by atoms with van der Waals surface area (Å²) in [7, 11) is 0. The largest absolute Gasteiger partial charge is 0.394 e. The van der Waals surface area contributed by atoms with Gasteiger partial charge in [-0.3, -0.25) is 4.79 Å². The van der Waals surface area contributed by atoms with Crippen LogP contribution in [0.2, 0.25) is 0 Å². The van der Waals surface area contributed by atoms with E-state index in [1.807, 2.05) is 19.1 Å². The van der Waals surface area contributed by atoms with E-state index in [1.54, 1.807) is 13.0 Å². The van der Waals surface area contributed by atoms with Crippen LogP contribution < -0.4 is 5.32 Å². The Morgan fingerprint density at radius 1 is 1.12 bits per heavy atom. The molecule has 5 unspecified atom stereocenters. The minimum Gasteiger partial charge on any atom is -0.394 e. The highest BCUT2D eigenvalue weighted by Crippen LogP contribution is 2.40. The molecule has 5 N–H and O–H groups in total. The van der Waals surface area contributed by atoms with Crippen LogP contribution in [-0.4, -0.2) is 63.6 Å². The summed E-state index contributed by atoms with van der Waals surface area (Å²) in [5.74, 6) is -0.524. The van der Waals surface area contributed by atoms with Gasteiger partial charge in [0.05, 0.1) is 6.61 Å². The van der Waals surface area contributed by atoms with Gasteiger partial charge < -0.3 is 30.5 Å². The molecule has 7 nitrogen and oxygen atoms in total. The third-order valence-electron chi connectivity index (χ3n) is 6.31. The summed E-state index contributed by atoms with van der Waals surface area (Å²) in [6, 6.07) is 0. The lowest BCUT2D eigenvalue weighted by Gasteiger charge is -2.39. The van der Waals surface area contributed by atoms with E-state index in [0.717, 1.165) is 12.0 Å². The number of carbonyl (C=O) groups excluding carboxylic acids is 1. The Hall–Kier alpha value is -2.03. The molecule has 1 heterocycles. The number of amides is 1. The molecule has 0 aromatic heterocycles. The van der Waals surface area contributed by atoms with Crippen LogP contribution in [0.15, 0.2) is 58.7 Å². The van der Waals surface area contributed by atoms with Crippen molar-refractivity contribution in [3.63, 3.8) is 0 Å². The van der Waals surface area contributed by atoms with E-state index in [2.05, 4.69) is 38.2 Å². The highest BCUT2D eigenvalue weighted by molar-refractivity contribution is 5.88. The van der Waals surface area contributed by atoms with Crippen LogP contribution in [0.5, 0.6) is 0 Å². The van der Waals surface area contributed by atoms with Gasteiger partial charge in [-0.25, -0.2) is 0 Å². The molecule has 0 spiro atoms. The molecule has 1 fully saturated rings. The molecule has 1 aliphatic heterocycles. The maximum Gasteiger partial charge on any atom is 0.246 e. The van der Waals surface area contributed by atoms with Gasteiger partial charge in [0.2, 0.25) is 5.91 Å². The molecule has 7 heteroatoms. The van der Waals surface area contributed by atoms with Gasteiger partial charge in [-0.05, 0) is 56.6 Å². The molecule has 1 saturated heterocycles. The van der Waals surface area contributed by atoms with Crippen molar-refractivity contribution < 1.29 is 30.0 Å². The number of aliphatic hydroxyl groups is 4. The number of rotatable bonds is 7. The quantitative estimate of drug-likeness (QED) is 0.293. The first-order chi connectivity index (χ1) is 15.5. The Morgan fingerprint density at radius 2 is 1.82 bits per heavy atom. The van der Waals surface area contributed by atoms with Crippen LogP contribution >= 0.6 is 0 Å². The number of nitrogens with one attached hydrogen (secondary N) is 1. The maximum absolute atomic E-state index is 12.3. The van der Waals surface area contributed by atoms with E-state index in [4.69, 9.17) is 4.74 Å². The highest BCUT2D eigenvalue weighted by Gasteiger charge is 2.43. The monoisotopic (exact) mass is 461 g/mol. The molecule has 5 atom stereocenters. The minimum absolute atomic E-state index is 0.197. The van der Waals surface area contributed by atoms with Gasteiger partial charge in [0, 0.05) is 6.08 Å². The van der Waals surface area contributed by atoms with Crippen molar-refractivity contribution in [1.29, 1.82) is 0 Å². The van der Waals surface area contributed by atoms with Gasteiger partial charge in [0.15, 0.2) is 6.23 Å². The SMILES string of the molecule is CC1=C(/C=C/C(C)=C/C=C/C(C)=C/C(=O)NC2OC(CO)C(O)C(O)C2O)C(C)(C)CCC1. The second-order valence-corrected chi connectivity index (χ2v) is 9.68. The van der Waals surface area contributed by atoms with Crippen LogP contribution in [0.3, 0.4) is 0 Å². The lowest BCUT2D eigenvalue weighted by atomic mass is 9.72. The van der Waals surface area contributed by atoms with E-state index >= 15 is 0 Å². The van der Waals surface area contributed by atoms with Gasteiger partial charge >= 0.3 is 0 Å². The van der Waals surface area contributed by atoms with Gasteiger partial charge in [0.25, 0.3) is 0 Å². The highest BCUT2D eigenvalue weighted by atomic mass is 16.6. The molecule has 184 valence electrons. The van der Waals surface area contributed by atoms with E-state index in [1.165, 1.54) is 30.1 Å². The zero-order valence-corrected chi connectivity index (χ0v) is 20.3. The van der Waals surface area contributed by atoms with Crippen LogP contribution in [0.25, 0.3) is 0 Å². The topological polar surface area (TPSA) is 119 Å². The Kier molecular flexibility index (Phi) is 9.82. The van der Waals surface area contributed by atoms with Crippen molar-refractivity contribution in [2.24, 2.45) is 5.41 Å². The summed E-state index contributed by atoms with van der Waals surface area (Å²) in [4.78, 5) is 12.3. The van der Waals surface area contributed by atoms with Crippen LogP contribution in [0, 0.1) is 5.41 Å². The molecule has 1 aliphatic carbocycles. The molecular formula is C26H39NO6. The maximum atomic E-state index is 12.3. The van der Waals surface area contributed by atoms with E-state index < -0.39 is 43.2 Å². The van der Waals surface area contributed by atoms with E-state index in [-0.39, 0.29) is 5.41 Å². The molecule has 2 aliphatic rings. The molecule has 0 radical (unpaired) electrons. The predicted octanol–water partition coefficient (Wildman–Crippen LogP) is 2.43. The first kappa shape index (κ1) is 27.2. The van der Waals surface area contributed by atoms with Crippen molar-refractivity contribution >= 4 is 5.91 Å². The second-order valence-electron chi connectivity index (χ2n) is 9.68. The predicted molar refractivity (Wildman–Crippen MR) is 128 cm³/mol. The first-order valence-electron chi connectivity index (χ1n) is 11.5. The third kappa shape index (κ3) is 7.48. The summed E-state index contributed by atoms with van der Waals surface area (Å²) in [6.45, 7) is 10.0. The smallest absolute Gasteiger partial charge is 0.246 e. The number of aliphatic hydroxyl groups excluding tert-OH is 4. The average Bonchev–Trinajstić information content (AvgIpc) is 2.73. The van der Waals surface area contributed by atoms with Crippen molar-refractivity contribution in [2.45, 2.75) is 84.5 Å². The van der Waals surface area contributed by atoms with Crippen molar-refractivity contribution in [2.75, 3.05) is 6.61 Å². The van der Waals surface area contributed by atoms with Crippen molar-refractivity contribution in [3.05, 3.63) is 58.7 Å². The minimum atomic E-state index is -1.54. The van der Waals surface area contributed by atoms with Gasteiger partial charge in [-0.15, -0.1) is 0 Å². The van der Waals surface area contributed by atoms with Crippen LogP contribution in [0.1, 0.15) is 53.9 Å². The summed E-state index contributed by atoms with van der Waals surface area (Å²) >= 11 is 0. The fourth-order valence-corrected chi connectivity index (χ4v) is 4.29. The van der Waals surface area contributed by atoms with E-state index in [9.17, 15) is 25.2 Å². The summed E-state index contributed by atoms with van der Waals surface area (Å²) in [5.41, 5.74) is 4.83. The molecular weight excluding hydrogens is 422 g/mol. The molecule has 1 amide bonds. The van der Waals surface area contributed by atoms with Crippen molar-refractivity contribution in [3.8, 4) is 0 Å². The molecule has 0 bridgehead atoms. The Bertz CT molecular complexity index is 849. The molecule has 0 saturated carbocycles. The van der Waals surface area contributed by atoms with Gasteiger partial charge in [-0.1, -0.05) is 55.4 Å². The van der Waals surface area contributed by atoms with Crippen molar-refractivity contribution in [1.82, 2.24) is 5.32 Å². The number of allylic oxidation sites excluding steroid dienone is 9. The average molecular weight is 462 g/mol. The summed E-state index contributed by atoms with van der Waals surface area (Å²) in [5, 5.41) is 41.3. The standard InChI is InChI=1S/C26H39NO6/c1-16(11-12-19-18(3)10-7-13-26(19,4)5)8-6-9-17(2)14-21(29)27-25-24(32)23(31)22(30)20(15-28)33-25/h6,8-9,11-12,14,20,22-25,28,30-32H,7,10,13,15H2,1-5H3,(H,27,29)/b9-6+,12-11+,16-8+,17-14+. The van der Waals surface area contributed by atoms with Crippen LogP contribution in [0.4, 0.5) is 0 Å². The second kappa shape index (κ2) is 11.9. The number of carbonyl (C=O) groups is 1. The van der Waals surface area contributed by atoms with Gasteiger partial charge in [-0.2, -0.15) is 0 Å². The fourth-order valence-electron chi connectivity index (χ4n) is 4.29. The van der Waals surface area contributed by atoms with Crippen LogP contribution in [-0.2, 0) is 9.53 Å². The molecule has 0 aromatic rings. The normalized spacial score (nSPS) is 31.5. The molecule has 0 aromatic carbocycles. The lowest BCUT2D eigenvalue weighted by molar-refractivity contribution is -0.235. The first-order valence-corrected chi connectivity index (χ1v) is 11.5. The zero-order valence-electron chi connectivity index (χ0n) is 20.3. The third-order valence-corrected chi connectivity index (χ3v) is 6.31. The molecule has 33 heavy (non-hydrogen) atoms. The Balaban J connectivity index is 1.96. The van der Waals surface area contributed by atoms with E-state index in [0.29, 0.717) is 5.57 Å². The summed E-state index contributed by atoms with van der Waals surface area (Å²) in [6.07, 6.45) is 8.05.